The van der Waals surface area contributed by atoms with E-state index < -0.39 is 5.60 Å². The summed E-state index contributed by atoms with van der Waals surface area (Å²) in [7, 11) is 2.06. The summed E-state index contributed by atoms with van der Waals surface area (Å²) < 4.78 is 18.6. The van der Waals surface area contributed by atoms with Gasteiger partial charge in [0.15, 0.2) is 23.1 Å². The van der Waals surface area contributed by atoms with E-state index in [1.807, 2.05) is 11.5 Å². The van der Waals surface area contributed by atoms with Crippen molar-refractivity contribution in [2.75, 3.05) is 39.1 Å². The molecule has 0 unspecified atom stereocenters. The fourth-order valence-corrected chi connectivity index (χ4v) is 3.51. The lowest BCUT2D eigenvalue weighted by Crippen LogP contribution is -2.42. The number of aromatic nitrogens is 5. The van der Waals surface area contributed by atoms with Gasteiger partial charge in [-0.1, -0.05) is 5.92 Å². The Kier molecular flexibility index (Phi) is 6.01. The first kappa shape index (κ1) is 22.0. The van der Waals surface area contributed by atoms with Crippen LogP contribution < -0.4 is 10.5 Å². The minimum absolute atomic E-state index is 0.0497. The minimum Gasteiger partial charge on any atom is -0.487 e. The molecule has 1 fully saturated rings. The SMILES string of the molecule is CCn1c(-c2nonc2N)nc2c(C#CC(C)(C)O)ncc(OC[C@@H]3CN(C)CCO3)c21. The Morgan fingerprint density at radius 3 is 2.84 bits per heavy atom. The Hall–Kier alpha value is -3.20. The standard InChI is InChI=1S/C21H27N7O4/c1-5-28-18-15(31-12-13-11-27(4)8-9-30-13)10-23-14(6-7-21(2,3)29)16(18)24-20(28)17-19(22)26-32-25-17/h10,13,29H,5,8-9,11-12H2,1-4H3,(H2,22,26)/t13-/m0/s1. The van der Waals surface area contributed by atoms with Gasteiger partial charge in [0.1, 0.15) is 35.0 Å². The van der Waals surface area contributed by atoms with Gasteiger partial charge in [-0.2, -0.15) is 0 Å². The number of hydrogen-bond donors (Lipinski definition) is 2. The number of fused-ring (bicyclic) bond motifs is 1. The summed E-state index contributed by atoms with van der Waals surface area (Å²) in [6.45, 7) is 8.45. The highest BCUT2D eigenvalue weighted by molar-refractivity contribution is 5.89. The van der Waals surface area contributed by atoms with Gasteiger partial charge in [0, 0.05) is 19.6 Å². The number of aryl methyl sites for hydroxylation is 1. The van der Waals surface area contributed by atoms with E-state index in [1.165, 1.54) is 0 Å². The van der Waals surface area contributed by atoms with Crippen LogP contribution in [0, 0.1) is 11.8 Å². The molecule has 1 aliphatic rings. The van der Waals surface area contributed by atoms with Gasteiger partial charge in [-0.3, -0.25) is 0 Å². The number of pyridine rings is 1. The Bertz CT molecular complexity index is 1170. The van der Waals surface area contributed by atoms with Crippen molar-refractivity contribution >= 4 is 16.9 Å². The maximum Gasteiger partial charge on any atom is 0.199 e. The van der Waals surface area contributed by atoms with Crippen LogP contribution in [-0.4, -0.2) is 79.9 Å². The highest BCUT2D eigenvalue weighted by Gasteiger charge is 2.24. The molecule has 3 aromatic heterocycles. The summed E-state index contributed by atoms with van der Waals surface area (Å²) in [5, 5.41) is 17.6. The quantitative estimate of drug-likeness (QED) is 0.550. The van der Waals surface area contributed by atoms with E-state index in [4.69, 9.17) is 24.8 Å². The average molecular weight is 441 g/mol. The number of imidazole rings is 1. The molecule has 1 atom stereocenters. The molecule has 0 bridgehead atoms. The molecule has 1 saturated heterocycles. The zero-order valence-electron chi connectivity index (χ0n) is 18.6. The first-order valence-electron chi connectivity index (χ1n) is 10.4. The normalized spacial score (nSPS) is 17.3. The van der Waals surface area contributed by atoms with Crippen LogP contribution in [0.25, 0.3) is 22.6 Å². The largest absolute Gasteiger partial charge is 0.487 e. The topological polar surface area (TPSA) is 138 Å². The zero-order valence-corrected chi connectivity index (χ0v) is 18.6. The lowest BCUT2D eigenvalue weighted by Gasteiger charge is -2.29. The molecule has 0 radical (unpaired) electrons. The van der Waals surface area contributed by atoms with Crippen molar-refractivity contribution in [3.8, 4) is 29.1 Å². The third kappa shape index (κ3) is 4.52. The van der Waals surface area contributed by atoms with Crippen molar-refractivity contribution < 1.29 is 19.2 Å². The minimum atomic E-state index is -1.18. The van der Waals surface area contributed by atoms with Gasteiger partial charge in [-0.05, 0) is 44.1 Å². The molecule has 4 rings (SSSR count). The van der Waals surface area contributed by atoms with Crippen molar-refractivity contribution in [2.24, 2.45) is 0 Å². The van der Waals surface area contributed by atoms with Gasteiger partial charge in [0.05, 0.1) is 12.8 Å². The number of ether oxygens (including phenoxy) is 2. The molecule has 1 aliphatic heterocycles. The van der Waals surface area contributed by atoms with E-state index in [0.29, 0.717) is 53.8 Å². The molecule has 3 N–H and O–H groups in total. The molecular formula is C21H27N7O4. The van der Waals surface area contributed by atoms with E-state index in [-0.39, 0.29) is 11.9 Å². The van der Waals surface area contributed by atoms with E-state index in [0.717, 1.165) is 13.1 Å². The Labute approximate surface area is 185 Å². The number of morpholine rings is 1. The van der Waals surface area contributed by atoms with Crippen molar-refractivity contribution in [1.29, 1.82) is 0 Å². The number of rotatable bonds is 5. The first-order chi connectivity index (χ1) is 15.3. The molecule has 170 valence electrons. The molecule has 11 heteroatoms. The molecule has 0 saturated carbocycles. The number of aliphatic hydroxyl groups is 1. The molecule has 0 aliphatic carbocycles. The number of hydrogen-bond acceptors (Lipinski definition) is 10. The van der Waals surface area contributed by atoms with Crippen molar-refractivity contribution in [2.45, 2.75) is 39.0 Å². The fourth-order valence-electron chi connectivity index (χ4n) is 3.51. The van der Waals surface area contributed by atoms with Crippen molar-refractivity contribution in [1.82, 2.24) is 29.7 Å². The molecule has 32 heavy (non-hydrogen) atoms. The lowest BCUT2D eigenvalue weighted by molar-refractivity contribution is -0.0402. The number of nitrogens with zero attached hydrogens (tertiary/aromatic N) is 6. The second kappa shape index (κ2) is 8.74. The Morgan fingerprint density at radius 1 is 1.38 bits per heavy atom. The van der Waals surface area contributed by atoms with Gasteiger partial charge in [0.25, 0.3) is 0 Å². The predicted octanol–water partition coefficient (Wildman–Crippen LogP) is 0.915. The van der Waals surface area contributed by atoms with Crippen LogP contribution in [-0.2, 0) is 11.3 Å². The van der Waals surface area contributed by atoms with E-state index in [9.17, 15) is 5.11 Å². The number of likely N-dealkylation sites (N-methyl/N-ethyl adjacent to an activating group) is 1. The molecule has 0 aromatic carbocycles. The second-order valence-electron chi connectivity index (χ2n) is 8.22. The first-order valence-corrected chi connectivity index (χ1v) is 10.4. The highest BCUT2D eigenvalue weighted by atomic mass is 16.6. The summed E-state index contributed by atoms with van der Waals surface area (Å²) >= 11 is 0. The van der Waals surface area contributed by atoms with E-state index in [2.05, 4.69) is 39.1 Å². The van der Waals surface area contributed by atoms with E-state index >= 15 is 0 Å². The summed E-state index contributed by atoms with van der Waals surface area (Å²) in [5.41, 5.74) is 6.70. The summed E-state index contributed by atoms with van der Waals surface area (Å²) in [4.78, 5) is 11.4. The van der Waals surface area contributed by atoms with Gasteiger partial charge in [0.2, 0.25) is 0 Å². The maximum atomic E-state index is 10.0. The van der Waals surface area contributed by atoms with Gasteiger partial charge >= 0.3 is 0 Å². The van der Waals surface area contributed by atoms with E-state index in [1.54, 1.807) is 20.0 Å². The number of anilines is 1. The molecular weight excluding hydrogens is 414 g/mol. The fraction of sp³-hybridized carbons (Fsp3) is 0.524. The lowest BCUT2D eigenvalue weighted by atomic mass is 10.1. The molecule has 11 nitrogen and oxygen atoms in total. The summed E-state index contributed by atoms with van der Waals surface area (Å²) in [5.74, 6) is 6.86. The number of nitrogen functional groups attached to an aromatic ring is 1. The summed E-state index contributed by atoms with van der Waals surface area (Å²) in [6, 6.07) is 0. The third-order valence-corrected chi connectivity index (χ3v) is 5.03. The van der Waals surface area contributed by atoms with Crippen LogP contribution in [0.2, 0.25) is 0 Å². The van der Waals surface area contributed by atoms with Gasteiger partial charge in [-0.15, -0.1) is 0 Å². The zero-order chi connectivity index (χ0) is 22.9. The summed E-state index contributed by atoms with van der Waals surface area (Å²) in [6.07, 6.45) is 1.57. The number of nitrogens with two attached hydrogens (primary N) is 1. The Balaban J connectivity index is 1.80. The monoisotopic (exact) mass is 441 g/mol. The van der Waals surface area contributed by atoms with Gasteiger partial charge < -0.3 is 29.8 Å². The van der Waals surface area contributed by atoms with Crippen LogP contribution in [0.15, 0.2) is 10.8 Å². The maximum absolute atomic E-state index is 10.0. The Morgan fingerprint density at radius 2 is 2.19 bits per heavy atom. The average Bonchev–Trinajstić information content (AvgIpc) is 3.33. The van der Waals surface area contributed by atoms with Crippen LogP contribution in [0.5, 0.6) is 5.75 Å². The van der Waals surface area contributed by atoms with Crippen LogP contribution in [0.1, 0.15) is 26.5 Å². The predicted molar refractivity (Wildman–Crippen MR) is 117 cm³/mol. The van der Waals surface area contributed by atoms with Crippen LogP contribution in [0.3, 0.4) is 0 Å². The smallest absolute Gasteiger partial charge is 0.199 e. The van der Waals surface area contributed by atoms with Crippen molar-refractivity contribution in [3.05, 3.63) is 11.9 Å². The van der Waals surface area contributed by atoms with Crippen molar-refractivity contribution in [3.63, 3.8) is 0 Å². The molecule has 0 amide bonds. The second-order valence-corrected chi connectivity index (χ2v) is 8.22. The third-order valence-electron chi connectivity index (χ3n) is 5.03. The van der Waals surface area contributed by atoms with Crippen LogP contribution >= 0.6 is 0 Å². The molecule has 4 heterocycles. The molecule has 0 spiro atoms. The molecule has 3 aromatic rings. The van der Waals surface area contributed by atoms with Crippen LogP contribution in [0.4, 0.5) is 5.82 Å². The highest BCUT2D eigenvalue weighted by Crippen LogP contribution is 2.33. The van der Waals surface area contributed by atoms with Gasteiger partial charge in [-0.25, -0.2) is 14.6 Å².